The molecule has 2 aliphatic rings. The predicted octanol–water partition coefficient (Wildman–Crippen LogP) is 1.95. The van der Waals surface area contributed by atoms with Crippen LogP contribution in [0.25, 0.3) is 0 Å². The molecule has 2 amide bonds. The molecule has 3 atom stereocenters. The summed E-state index contributed by atoms with van der Waals surface area (Å²) in [5.41, 5.74) is 6.00. The molecule has 1 aliphatic heterocycles. The van der Waals surface area contributed by atoms with Crippen molar-refractivity contribution in [1.29, 1.82) is 0 Å². The number of hydrogen-bond donors (Lipinski definition) is 2. The Bertz CT molecular complexity index is 647. The van der Waals surface area contributed by atoms with Crippen LogP contribution in [0.1, 0.15) is 39.0 Å². The maximum absolute atomic E-state index is 13.9. The van der Waals surface area contributed by atoms with E-state index in [1.165, 1.54) is 11.0 Å². The lowest BCUT2D eigenvalue weighted by atomic mass is 9.74. The molecule has 5 nitrogen and oxygen atoms in total. The Kier molecular flexibility index (Phi) is 4.58. The van der Waals surface area contributed by atoms with E-state index >= 15 is 0 Å². The van der Waals surface area contributed by atoms with Gasteiger partial charge in [0.15, 0.2) is 0 Å². The lowest BCUT2D eigenvalue weighted by Crippen LogP contribution is -2.55. The first-order chi connectivity index (χ1) is 11.4. The van der Waals surface area contributed by atoms with Crippen LogP contribution in [0.3, 0.4) is 0 Å². The molecule has 1 saturated heterocycles. The van der Waals surface area contributed by atoms with E-state index < -0.39 is 17.4 Å². The highest BCUT2D eigenvalue weighted by Gasteiger charge is 2.41. The second-order valence-corrected chi connectivity index (χ2v) is 7.10. The lowest BCUT2D eigenvalue weighted by Gasteiger charge is -2.37. The van der Waals surface area contributed by atoms with Gasteiger partial charge in [-0.25, -0.2) is 4.39 Å². The molecule has 6 heteroatoms. The van der Waals surface area contributed by atoms with Crippen LogP contribution in [0.4, 0.5) is 10.1 Å². The summed E-state index contributed by atoms with van der Waals surface area (Å²) in [5, 5.41) is 2.84. The largest absolute Gasteiger partial charge is 0.344 e. The standard InChI is InChI=1S/C18H24FN3O2/c1-18(20)10-5-4-6-12(18)16(23)21-14-9-11-22(17(14)24)15-8-3-2-7-13(15)19/h2-3,7-8,12,14H,4-6,9-11,20H2,1H3,(H,21,23). The molecule has 1 aromatic carbocycles. The SMILES string of the molecule is CC1(N)CCCCC1C(=O)NC1CCN(c2ccccc2F)C1=O. The Balaban J connectivity index is 1.68. The first-order valence-corrected chi connectivity index (χ1v) is 8.55. The van der Waals surface area contributed by atoms with E-state index in [2.05, 4.69) is 5.32 Å². The molecule has 3 unspecified atom stereocenters. The number of benzene rings is 1. The summed E-state index contributed by atoms with van der Waals surface area (Å²) in [7, 11) is 0. The van der Waals surface area contributed by atoms with Crippen molar-refractivity contribution in [1.82, 2.24) is 5.32 Å². The van der Waals surface area contributed by atoms with E-state index in [0.717, 1.165) is 25.7 Å². The number of para-hydroxylation sites is 1. The molecule has 1 aliphatic carbocycles. The monoisotopic (exact) mass is 333 g/mol. The number of halogens is 1. The maximum atomic E-state index is 13.9. The summed E-state index contributed by atoms with van der Waals surface area (Å²) in [4.78, 5) is 26.5. The van der Waals surface area contributed by atoms with Gasteiger partial charge in [0, 0.05) is 12.1 Å². The summed E-state index contributed by atoms with van der Waals surface area (Å²) in [6.07, 6.45) is 4.04. The summed E-state index contributed by atoms with van der Waals surface area (Å²) in [6, 6.07) is 5.59. The molecule has 3 N–H and O–H groups in total. The van der Waals surface area contributed by atoms with E-state index in [1.54, 1.807) is 18.2 Å². The molecule has 1 aromatic rings. The molecular formula is C18H24FN3O2. The van der Waals surface area contributed by atoms with Gasteiger partial charge in [-0.05, 0) is 38.3 Å². The van der Waals surface area contributed by atoms with Crippen molar-refractivity contribution in [2.24, 2.45) is 11.7 Å². The van der Waals surface area contributed by atoms with Gasteiger partial charge in [0.25, 0.3) is 0 Å². The predicted molar refractivity (Wildman–Crippen MR) is 89.9 cm³/mol. The van der Waals surface area contributed by atoms with Crippen LogP contribution < -0.4 is 16.0 Å². The quantitative estimate of drug-likeness (QED) is 0.888. The molecule has 0 bridgehead atoms. The number of nitrogens with two attached hydrogens (primary N) is 1. The third-order valence-electron chi connectivity index (χ3n) is 5.24. The van der Waals surface area contributed by atoms with Crippen molar-refractivity contribution in [3.8, 4) is 0 Å². The fourth-order valence-electron chi connectivity index (χ4n) is 3.78. The normalized spacial score (nSPS) is 30.5. The van der Waals surface area contributed by atoms with Crippen LogP contribution in [-0.4, -0.2) is 29.9 Å². The number of rotatable bonds is 3. The van der Waals surface area contributed by atoms with Crippen LogP contribution in [0.5, 0.6) is 0 Å². The molecule has 130 valence electrons. The topological polar surface area (TPSA) is 75.4 Å². The summed E-state index contributed by atoms with van der Waals surface area (Å²) in [6.45, 7) is 2.30. The van der Waals surface area contributed by atoms with E-state index in [1.807, 2.05) is 6.92 Å². The average molecular weight is 333 g/mol. The van der Waals surface area contributed by atoms with Gasteiger partial charge < -0.3 is 16.0 Å². The van der Waals surface area contributed by atoms with Crippen molar-refractivity contribution < 1.29 is 14.0 Å². The van der Waals surface area contributed by atoms with Gasteiger partial charge in [0.1, 0.15) is 11.9 Å². The van der Waals surface area contributed by atoms with Gasteiger partial charge in [0.2, 0.25) is 11.8 Å². The van der Waals surface area contributed by atoms with Gasteiger partial charge in [-0.2, -0.15) is 0 Å². The highest BCUT2D eigenvalue weighted by molar-refractivity contribution is 6.01. The smallest absolute Gasteiger partial charge is 0.249 e. The molecule has 3 rings (SSSR count). The van der Waals surface area contributed by atoms with Crippen molar-refractivity contribution in [3.05, 3.63) is 30.1 Å². The molecule has 0 spiro atoms. The zero-order valence-corrected chi connectivity index (χ0v) is 13.9. The number of carbonyl (C=O) groups excluding carboxylic acids is 2. The molecular weight excluding hydrogens is 309 g/mol. The van der Waals surface area contributed by atoms with Crippen LogP contribution in [-0.2, 0) is 9.59 Å². The first kappa shape index (κ1) is 16.9. The van der Waals surface area contributed by atoms with Gasteiger partial charge in [-0.3, -0.25) is 9.59 Å². The molecule has 0 radical (unpaired) electrons. The third kappa shape index (κ3) is 3.15. The van der Waals surface area contributed by atoms with Crippen molar-refractivity contribution in [3.63, 3.8) is 0 Å². The Morgan fingerprint density at radius 1 is 1.33 bits per heavy atom. The van der Waals surface area contributed by atoms with Gasteiger partial charge in [0.05, 0.1) is 11.6 Å². The number of anilines is 1. The van der Waals surface area contributed by atoms with Gasteiger partial charge in [-0.1, -0.05) is 25.0 Å². The minimum absolute atomic E-state index is 0.159. The minimum Gasteiger partial charge on any atom is -0.344 e. The van der Waals surface area contributed by atoms with E-state index in [9.17, 15) is 14.0 Å². The number of hydrogen-bond acceptors (Lipinski definition) is 3. The van der Waals surface area contributed by atoms with Crippen LogP contribution in [0, 0.1) is 11.7 Å². The van der Waals surface area contributed by atoms with Crippen molar-refractivity contribution >= 4 is 17.5 Å². The zero-order chi connectivity index (χ0) is 17.3. The Morgan fingerprint density at radius 3 is 2.79 bits per heavy atom. The van der Waals surface area contributed by atoms with Crippen LogP contribution >= 0.6 is 0 Å². The maximum Gasteiger partial charge on any atom is 0.249 e. The Morgan fingerprint density at radius 2 is 2.08 bits per heavy atom. The Hall–Kier alpha value is -1.95. The highest BCUT2D eigenvalue weighted by Crippen LogP contribution is 2.32. The fourth-order valence-corrected chi connectivity index (χ4v) is 3.78. The number of nitrogens with one attached hydrogen (secondary N) is 1. The molecule has 1 heterocycles. The summed E-state index contributed by atoms with van der Waals surface area (Å²) < 4.78 is 13.9. The second kappa shape index (κ2) is 6.51. The zero-order valence-electron chi connectivity index (χ0n) is 13.9. The van der Waals surface area contributed by atoms with Gasteiger partial charge >= 0.3 is 0 Å². The Labute approximate surface area is 141 Å². The molecule has 0 aromatic heterocycles. The average Bonchev–Trinajstić information content (AvgIpc) is 2.88. The summed E-state index contributed by atoms with van der Waals surface area (Å²) >= 11 is 0. The van der Waals surface area contributed by atoms with E-state index in [4.69, 9.17) is 5.73 Å². The van der Waals surface area contributed by atoms with Crippen LogP contribution in [0.2, 0.25) is 0 Å². The van der Waals surface area contributed by atoms with E-state index in [-0.39, 0.29) is 23.4 Å². The third-order valence-corrected chi connectivity index (χ3v) is 5.24. The van der Waals surface area contributed by atoms with E-state index in [0.29, 0.717) is 13.0 Å². The molecule has 24 heavy (non-hydrogen) atoms. The highest BCUT2D eigenvalue weighted by atomic mass is 19.1. The minimum atomic E-state index is -0.602. The summed E-state index contributed by atoms with van der Waals surface area (Å²) in [5.74, 6) is -1.13. The number of nitrogens with zero attached hydrogens (tertiary/aromatic N) is 1. The first-order valence-electron chi connectivity index (χ1n) is 8.55. The van der Waals surface area contributed by atoms with Crippen molar-refractivity contribution in [2.75, 3.05) is 11.4 Å². The molecule has 1 saturated carbocycles. The lowest BCUT2D eigenvalue weighted by molar-refractivity contribution is -0.131. The number of carbonyl (C=O) groups is 2. The second-order valence-electron chi connectivity index (χ2n) is 7.10. The van der Waals surface area contributed by atoms with Crippen molar-refractivity contribution in [2.45, 2.75) is 50.6 Å². The molecule has 2 fully saturated rings. The van der Waals surface area contributed by atoms with Gasteiger partial charge in [-0.15, -0.1) is 0 Å². The van der Waals surface area contributed by atoms with Crippen LogP contribution in [0.15, 0.2) is 24.3 Å². The number of amides is 2. The fraction of sp³-hybridized carbons (Fsp3) is 0.556.